The second-order valence-corrected chi connectivity index (χ2v) is 3.49. The summed E-state index contributed by atoms with van der Waals surface area (Å²) in [4.78, 5) is 11.1. The van der Waals surface area contributed by atoms with Gasteiger partial charge in [-0.3, -0.25) is 0 Å². The number of rotatable bonds is 3. The fourth-order valence-corrected chi connectivity index (χ4v) is 1.59. The molecular formula is C9H8N2O4S. The molecule has 2 aromatic heterocycles. The Morgan fingerprint density at radius 1 is 1.62 bits per heavy atom. The summed E-state index contributed by atoms with van der Waals surface area (Å²) >= 11 is 0.987. The van der Waals surface area contributed by atoms with Crippen molar-refractivity contribution in [1.82, 2.24) is 8.75 Å². The Bertz CT molecular complexity index is 479. The lowest BCUT2D eigenvalue weighted by Gasteiger charge is -2.02. The van der Waals surface area contributed by atoms with E-state index >= 15 is 0 Å². The SMILES string of the molecule is COC(=O)c1ccc(C(O)c2cnsn2)o1. The molecule has 2 heterocycles. The van der Waals surface area contributed by atoms with Gasteiger partial charge < -0.3 is 14.3 Å². The maximum Gasteiger partial charge on any atom is 0.373 e. The van der Waals surface area contributed by atoms with Crippen LogP contribution in [0.4, 0.5) is 0 Å². The Kier molecular flexibility index (Phi) is 2.97. The van der Waals surface area contributed by atoms with Crippen LogP contribution in [-0.4, -0.2) is 26.9 Å². The van der Waals surface area contributed by atoms with Crippen LogP contribution in [0.5, 0.6) is 0 Å². The minimum absolute atomic E-state index is 0.0414. The molecule has 2 aromatic rings. The van der Waals surface area contributed by atoms with E-state index in [1.807, 2.05) is 0 Å². The summed E-state index contributed by atoms with van der Waals surface area (Å²) in [5, 5.41) is 9.81. The van der Waals surface area contributed by atoms with E-state index in [1.165, 1.54) is 25.4 Å². The van der Waals surface area contributed by atoms with Gasteiger partial charge in [-0.2, -0.15) is 8.75 Å². The monoisotopic (exact) mass is 240 g/mol. The molecule has 0 bridgehead atoms. The molecule has 0 fully saturated rings. The van der Waals surface area contributed by atoms with Gasteiger partial charge in [-0.05, 0) is 12.1 Å². The van der Waals surface area contributed by atoms with Crippen LogP contribution in [0.1, 0.15) is 28.1 Å². The lowest BCUT2D eigenvalue weighted by molar-refractivity contribution is 0.0557. The topological polar surface area (TPSA) is 85.5 Å². The van der Waals surface area contributed by atoms with E-state index in [0.717, 1.165) is 11.7 Å². The number of methoxy groups -OCH3 is 1. The summed E-state index contributed by atoms with van der Waals surface area (Å²) in [6, 6.07) is 2.93. The Hall–Kier alpha value is -1.73. The number of hydrogen-bond acceptors (Lipinski definition) is 7. The van der Waals surface area contributed by atoms with Gasteiger partial charge in [0.25, 0.3) is 0 Å². The second-order valence-electron chi connectivity index (χ2n) is 2.93. The molecule has 0 amide bonds. The summed E-state index contributed by atoms with van der Waals surface area (Å²) < 4.78 is 17.2. The first-order valence-corrected chi connectivity index (χ1v) is 5.09. The van der Waals surface area contributed by atoms with E-state index in [0.29, 0.717) is 5.69 Å². The zero-order valence-corrected chi connectivity index (χ0v) is 9.10. The highest BCUT2D eigenvalue weighted by Crippen LogP contribution is 2.22. The van der Waals surface area contributed by atoms with Crippen molar-refractivity contribution in [3.8, 4) is 0 Å². The Morgan fingerprint density at radius 2 is 2.44 bits per heavy atom. The van der Waals surface area contributed by atoms with Gasteiger partial charge in [0.15, 0.2) is 6.10 Å². The highest BCUT2D eigenvalue weighted by atomic mass is 32.1. The molecule has 1 N–H and O–H groups in total. The van der Waals surface area contributed by atoms with Gasteiger partial charge in [-0.25, -0.2) is 4.79 Å². The Labute approximate surface area is 94.8 Å². The molecule has 0 aromatic carbocycles. The molecule has 0 aliphatic rings. The van der Waals surface area contributed by atoms with Gasteiger partial charge in [0.05, 0.1) is 25.0 Å². The van der Waals surface area contributed by atoms with Crippen LogP contribution in [0, 0.1) is 0 Å². The molecule has 1 atom stereocenters. The third-order valence-corrected chi connectivity index (χ3v) is 2.43. The molecule has 0 saturated carbocycles. The smallest absolute Gasteiger partial charge is 0.373 e. The molecular weight excluding hydrogens is 232 g/mol. The van der Waals surface area contributed by atoms with Crippen LogP contribution in [-0.2, 0) is 4.74 Å². The quantitative estimate of drug-likeness (QED) is 0.805. The van der Waals surface area contributed by atoms with Crippen molar-refractivity contribution < 1.29 is 19.1 Å². The number of aliphatic hydroxyl groups excluding tert-OH is 1. The fraction of sp³-hybridized carbons (Fsp3) is 0.222. The highest BCUT2D eigenvalue weighted by molar-refractivity contribution is 6.99. The third kappa shape index (κ3) is 1.95. The number of esters is 1. The number of carbonyl (C=O) groups excluding carboxylic acids is 1. The molecule has 6 nitrogen and oxygen atoms in total. The van der Waals surface area contributed by atoms with Gasteiger partial charge in [0, 0.05) is 0 Å². The van der Waals surface area contributed by atoms with E-state index in [-0.39, 0.29) is 11.5 Å². The second kappa shape index (κ2) is 4.42. The van der Waals surface area contributed by atoms with Gasteiger partial charge in [0.1, 0.15) is 11.5 Å². The zero-order valence-electron chi connectivity index (χ0n) is 8.28. The molecule has 0 spiro atoms. The average molecular weight is 240 g/mol. The number of aliphatic hydroxyl groups is 1. The maximum atomic E-state index is 11.1. The molecule has 2 rings (SSSR count). The first-order valence-electron chi connectivity index (χ1n) is 4.36. The van der Waals surface area contributed by atoms with Crippen LogP contribution in [0.25, 0.3) is 0 Å². The average Bonchev–Trinajstić information content (AvgIpc) is 2.97. The summed E-state index contributed by atoms with van der Waals surface area (Å²) in [7, 11) is 1.26. The first-order chi connectivity index (χ1) is 7.72. The van der Waals surface area contributed by atoms with Crippen molar-refractivity contribution in [2.24, 2.45) is 0 Å². The van der Waals surface area contributed by atoms with Gasteiger partial charge in [0.2, 0.25) is 5.76 Å². The minimum Gasteiger partial charge on any atom is -0.463 e. The van der Waals surface area contributed by atoms with Crippen molar-refractivity contribution in [1.29, 1.82) is 0 Å². The molecule has 7 heteroatoms. The highest BCUT2D eigenvalue weighted by Gasteiger charge is 2.19. The van der Waals surface area contributed by atoms with Crippen LogP contribution in [0.3, 0.4) is 0 Å². The number of furan rings is 1. The summed E-state index contributed by atoms with van der Waals surface area (Å²) in [6.07, 6.45) is 0.424. The standard InChI is InChI=1S/C9H8N2O4S/c1-14-9(13)7-3-2-6(15-7)8(12)5-4-10-16-11-5/h2-4,8,12H,1H3. The summed E-state index contributed by atoms with van der Waals surface area (Å²) in [5.74, 6) is -0.317. The zero-order chi connectivity index (χ0) is 11.5. The normalized spacial score (nSPS) is 12.4. The van der Waals surface area contributed by atoms with Crippen LogP contribution in [0.15, 0.2) is 22.7 Å². The van der Waals surface area contributed by atoms with Gasteiger partial charge >= 0.3 is 5.97 Å². The molecule has 1 unspecified atom stereocenters. The van der Waals surface area contributed by atoms with Crippen LogP contribution < -0.4 is 0 Å². The summed E-state index contributed by atoms with van der Waals surface area (Å²) in [5.41, 5.74) is 0.385. The van der Waals surface area contributed by atoms with E-state index in [9.17, 15) is 9.90 Å². The van der Waals surface area contributed by atoms with E-state index < -0.39 is 12.1 Å². The number of hydrogen-bond donors (Lipinski definition) is 1. The Morgan fingerprint density at radius 3 is 3.06 bits per heavy atom. The predicted molar refractivity (Wildman–Crippen MR) is 54.0 cm³/mol. The number of carbonyl (C=O) groups is 1. The predicted octanol–water partition coefficient (Wildman–Crippen LogP) is 0.999. The van der Waals surface area contributed by atoms with E-state index in [2.05, 4.69) is 13.5 Å². The van der Waals surface area contributed by atoms with Crippen molar-refractivity contribution in [2.75, 3.05) is 7.11 Å². The van der Waals surface area contributed by atoms with Crippen LogP contribution >= 0.6 is 11.7 Å². The van der Waals surface area contributed by atoms with E-state index in [4.69, 9.17) is 4.42 Å². The maximum absolute atomic E-state index is 11.1. The third-order valence-electron chi connectivity index (χ3n) is 1.94. The van der Waals surface area contributed by atoms with Gasteiger partial charge in [-0.15, -0.1) is 0 Å². The molecule has 0 saturated heterocycles. The van der Waals surface area contributed by atoms with Crippen molar-refractivity contribution >= 4 is 17.7 Å². The Balaban J connectivity index is 2.22. The van der Waals surface area contributed by atoms with Crippen LogP contribution in [0.2, 0.25) is 0 Å². The largest absolute Gasteiger partial charge is 0.463 e. The number of aromatic nitrogens is 2. The van der Waals surface area contributed by atoms with Gasteiger partial charge in [-0.1, -0.05) is 0 Å². The molecule has 84 valence electrons. The van der Waals surface area contributed by atoms with Crippen molar-refractivity contribution in [3.05, 3.63) is 35.5 Å². The molecule has 16 heavy (non-hydrogen) atoms. The van der Waals surface area contributed by atoms with E-state index in [1.54, 1.807) is 0 Å². The number of nitrogens with zero attached hydrogens (tertiary/aromatic N) is 2. The van der Waals surface area contributed by atoms with Crippen molar-refractivity contribution in [2.45, 2.75) is 6.10 Å². The lowest BCUT2D eigenvalue weighted by Crippen LogP contribution is -2.00. The first kappa shape index (κ1) is 10.8. The molecule has 0 radical (unpaired) electrons. The summed E-state index contributed by atoms with van der Waals surface area (Å²) in [6.45, 7) is 0. The fourth-order valence-electron chi connectivity index (χ4n) is 1.15. The van der Waals surface area contributed by atoms with Crippen molar-refractivity contribution in [3.63, 3.8) is 0 Å². The molecule has 0 aliphatic heterocycles. The molecule has 0 aliphatic carbocycles. The lowest BCUT2D eigenvalue weighted by atomic mass is 10.2. The number of ether oxygens (including phenoxy) is 1. The minimum atomic E-state index is -1.02.